The number of H-pyrrole nitrogens is 1. The topological polar surface area (TPSA) is 76.0 Å². The van der Waals surface area contributed by atoms with Crippen molar-refractivity contribution in [2.24, 2.45) is 0 Å². The Morgan fingerprint density at radius 1 is 1.36 bits per heavy atom. The number of carbonyl (C=O) groups excluding carboxylic acids is 1. The van der Waals surface area contributed by atoms with Crippen molar-refractivity contribution in [2.45, 2.75) is 13.1 Å². The van der Waals surface area contributed by atoms with Gasteiger partial charge in [-0.15, -0.1) is 0 Å². The maximum absolute atomic E-state index is 13.4. The van der Waals surface area contributed by atoms with Crippen molar-refractivity contribution in [1.29, 1.82) is 5.26 Å². The minimum absolute atomic E-state index is 0.0104. The van der Waals surface area contributed by atoms with Crippen molar-refractivity contribution in [3.8, 4) is 6.07 Å². The molecular weight excluding hydrogens is 359 g/mol. The summed E-state index contributed by atoms with van der Waals surface area (Å²) in [6.45, 7) is 2.10. The number of likely N-dealkylation sites (N-methyl/N-ethyl adjacent to an activating group) is 1. The van der Waals surface area contributed by atoms with Gasteiger partial charge < -0.3 is 14.8 Å². The van der Waals surface area contributed by atoms with E-state index in [0.717, 1.165) is 0 Å². The fourth-order valence-electron chi connectivity index (χ4n) is 2.85. The molecule has 0 aliphatic carbocycles. The van der Waals surface area contributed by atoms with E-state index in [1.807, 2.05) is 0 Å². The largest absolute Gasteiger partial charge is 0.434 e. The molecule has 1 amide bonds. The molecule has 132 valence electrons. The van der Waals surface area contributed by atoms with Crippen LogP contribution in [0, 0.1) is 18.3 Å². The summed E-state index contributed by atoms with van der Waals surface area (Å²) < 4.78 is 40.3. The van der Waals surface area contributed by atoms with Gasteiger partial charge in [0.2, 0.25) is 5.91 Å². The lowest BCUT2D eigenvalue weighted by Crippen LogP contribution is -2.49. The number of aromatic amines is 1. The number of fused-ring (bicyclic) bond motifs is 1. The van der Waals surface area contributed by atoms with Crippen molar-refractivity contribution < 1.29 is 18.0 Å². The molecule has 1 saturated heterocycles. The average Bonchev–Trinajstić information content (AvgIpc) is 2.82. The van der Waals surface area contributed by atoms with Gasteiger partial charge in [0.05, 0.1) is 22.8 Å². The zero-order chi connectivity index (χ0) is 18.5. The molecule has 2 aromatic rings. The number of nitrogens with zero attached hydrogens (tertiary/aromatic N) is 4. The third-order valence-corrected chi connectivity index (χ3v) is 4.64. The molecule has 0 radical (unpaired) electrons. The van der Waals surface area contributed by atoms with Crippen LogP contribution in [0.4, 0.5) is 18.9 Å². The lowest BCUT2D eigenvalue weighted by molar-refractivity contribution is -0.141. The SMILES string of the molecule is Cc1[nH]c2c(N3CCN(C)C(=O)C3)c(C#N)c(C(F)(F)F)nc2c1Cl. The molecule has 0 aromatic carbocycles. The van der Waals surface area contributed by atoms with Gasteiger partial charge in [-0.1, -0.05) is 11.6 Å². The zero-order valence-electron chi connectivity index (χ0n) is 13.3. The summed E-state index contributed by atoms with van der Waals surface area (Å²) >= 11 is 6.08. The van der Waals surface area contributed by atoms with E-state index in [2.05, 4.69) is 9.97 Å². The van der Waals surface area contributed by atoms with E-state index in [-0.39, 0.29) is 34.2 Å². The second kappa shape index (κ2) is 5.81. The van der Waals surface area contributed by atoms with Crippen molar-refractivity contribution in [3.63, 3.8) is 0 Å². The molecule has 10 heteroatoms. The first-order chi connectivity index (χ1) is 11.6. The summed E-state index contributed by atoms with van der Waals surface area (Å²) in [6.07, 6.45) is -4.82. The van der Waals surface area contributed by atoms with Crippen LogP contribution in [0.3, 0.4) is 0 Å². The second-order valence-electron chi connectivity index (χ2n) is 5.82. The van der Waals surface area contributed by atoms with Gasteiger partial charge in [0.25, 0.3) is 0 Å². The van der Waals surface area contributed by atoms with Crippen LogP contribution in [0.2, 0.25) is 5.02 Å². The number of piperazine rings is 1. The van der Waals surface area contributed by atoms with Crippen LogP contribution < -0.4 is 4.90 Å². The standard InChI is InChI=1S/C15H13ClF3N5O/c1-7-10(16)11-12(21-7)13(24-4-3-23(2)9(25)6-24)8(5-20)14(22-11)15(17,18)19/h21H,3-4,6H2,1-2H3. The first-order valence-corrected chi connectivity index (χ1v) is 7.71. The third kappa shape index (κ3) is 2.76. The predicted octanol–water partition coefficient (Wildman–Crippen LogP) is 2.69. The molecule has 6 nitrogen and oxygen atoms in total. The van der Waals surface area contributed by atoms with E-state index in [0.29, 0.717) is 18.8 Å². The van der Waals surface area contributed by atoms with E-state index < -0.39 is 17.4 Å². The summed E-state index contributed by atoms with van der Waals surface area (Å²) in [6, 6.07) is 1.60. The van der Waals surface area contributed by atoms with E-state index in [1.165, 1.54) is 9.80 Å². The van der Waals surface area contributed by atoms with Crippen LogP contribution in [-0.4, -0.2) is 47.5 Å². The van der Waals surface area contributed by atoms with E-state index in [9.17, 15) is 23.2 Å². The van der Waals surface area contributed by atoms with Gasteiger partial charge in [0.1, 0.15) is 17.1 Å². The second-order valence-corrected chi connectivity index (χ2v) is 6.20. The molecule has 0 saturated carbocycles. The lowest BCUT2D eigenvalue weighted by Gasteiger charge is -2.34. The van der Waals surface area contributed by atoms with Gasteiger partial charge in [-0.3, -0.25) is 4.79 Å². The first-order valence-electron chi connectivity index (χ1n) is 7.33. The molecule has 3 heterocycles. The number of anilines is 1. The van der Waals surface area contributed by atoms with Crippen molar-refractivity contribution in [1.82, 2.24) is 14.9 Å². The van der Waals surface area contributed by atoms with E-state index in [1.54, 1.807) is 20.0 Å². The number of nitrogens with one attached hydrogen (secondary N) is 1. The minimum Gasteiger partial charge on any atom is -0.358 e. The maximum atomic E-state index is 13.4. The lowest BCUT2D eigenvalue weighted by atomic mass is 10.1. The highest BCUT2D eigenvalue weighted by Crippen LogP contribution is 2.41. The summed E-state index contributed by atoms with van der Waals surface area (Å²) in [5.74, 6) is -0.247. The fourth-order valence-corrected chi connectivity index (χ4v) is 3.03. The summed E-state index contributed by atoms with van der Waals surface area (Å²) in [4.78, 5) is 21.4. The maximum Gasteiger partial charge on any atom is 0.434 e. The van der Waals surface area contributed by atoms with Crippen LogP contribution in [0.15, 0.2) is 0 Å². The molecule has 1 aliphatic rings. The molecule has 3 rings (SSSR count). The highest BCUT2D eigenvalue weighted by Gasteiger charge is 2.40. The van der Waals surface area contributed by atoms with Crippen molar-refractivity contribution in [3.05, 3.63) is 22.0 Å². The highest BCUT2D eigenvalue weighted by atomic mass is 35.5. The number of halogens is 4. The Balaban J connectivity index is 2.33. The average molecular weight is 372 g/mol. The minimum atomic E-state index is -4.82. The molecule has 1 aliphatic heterocycles. The normalized spacial score (nSPS) is 15.8. The van der Waals surface area contributed by atoms with Crippen LogP contribution in [-0.2, 0) is 11.0 Å². The first kappa shape index (κ1) is 17.4. The summed E-state index contributed by atoms with van der Waals surface area (Å²) in [5, 5.41) is 9.45. The number of carbonyl (C=O) groups is 1. The molecular formula is C15H13ClF3N5O. The molecule has 1 fully saturated rings. The number of aryl methyl sites for hydroxylation is 1. The van der Waals surface area contributed by atoms with E-state index in [4.69, 9.17) is 11.6 Å². The molecule has 0 unspecified atom stereocenters. The van der Waals surface area contributed by atoms with Crippen LogP contribution in [0.25, 0.3) is 11.0 Å². The highest BCUT2D eigenvalue weighted by molar-refractivity contribution is 6.36. The molecule has 0 spiro atoms. The third-order valence-electron chi connectivity index (χ3n) is 4.17. The summed E-state index contributed by atoms with van der Waals surface area (Å²) in [5.41, 5.74) is -1.30. The van der Waals surface area contributed by atoms with E-state index >= 15 is 0 Å². The number of alkyl halides is 3. The van der Waals surface area contributed by atoms with Gasteiger partial charge in [-0.25, -0.2) is 4.98 Å². The Bertz CT molecular complexity index is 915. The summed E-state index contributed by atoms with van der Waals surface area (Å²) in [7, 11) is 1.61. The Kier molecular flexibility index (Phi) is 4.03. The zero-order valence-corrected chi connectivity index (χ0v) is 14.1. The van der Waals surface area contributed by atoms with Crippen LogP contribution in [0.5, 0.6) is 0 Å². The monoisotopic (exact) mass is 371 g/mol. The predicted molar refractivity (Wildman–Crippen MR) is 85.4 cm³/mol. The smallest absolute Gasteiger partial charge is 0.358 e. The number of nitriles is 1. The van der Waals surface area contributed by atoms with Gasteiger partial charge >= 0.3 is 6.18 Å². The van der Waals surface area contributed by atoms with Crippen molar-refractivity contribution >= 4 is 34.2 Å². The number of pyridine rings is 1. The number of aromatic nitrogens is 2. The Labute approximate surface area is 145 Å². The fraction of sp³-hybridized carbons (Fsp3) is 0.400. The Morgan fingerprint density at radius 2 is 2.04 bits per heavy atom. The quantitative estimate of drug-likeness (QED) is 0.836. The number of hydrogen-bond donors (Lipinski definition) is 1. The van der Waals surface area contributed by atoms with Crippen molar-refractivity contribution in [2.75, 3.05) is 31.6 Å². The molecule has 0 bridgehead atoms. The van der Waals surface area contributed by atoms with Gasteiger partial charge in [0, 0.05) is 25.8 Å². The molecule has 2 aromatic heterocycles. The molecule has 25 heavy (non-hydrogen) atoms. The Hall–Kier alpha value is -2.47. The van der Waals surface area contributed by atoms with Crippen LogP contribution >= 0.6 is 11.6 Å². The number of amides is 1. The van der Waals surface area contributed by atoms with Gasteiger partial charge in [-0.2, -0.15) is 18.4 Å². The number of rotatable bonds is 1. The Morgan fingerprint density at radius 3 is 2.60 bits per heavy atom. The van der Waals surface area contributed by atoms with Gasteiger partial charge in [0.15, 0.2) is 5.69 Å². The number of hydrogen-bond acceptors (Lipinski definition) is 4. The molecule has 1 N–H and O–H groups in total. The molecule has 0 atom stereocenters. The van der Waals surface area contributed by atoms with Gasteiger partial charge in [-0.05, 0) is 6.92 Å². The van der Waals surface area contributed by atoms with Crippen LogP contribution in [0.1, 0.15) is 17.0 Å².